The van der Waals surface area contributed by atoms with E-state index in [1.807, 2.05) is 0 Å². The van der Waals surface area contributed by atoms with Crippen molar-refractivity contribution in [1.82, 2.24) is 19.9 Å². The van der Waals surface area contributed by atoms with Gasteiger partial charge in [0.2, 0.25) is 0 Å². The van der Waals surface area contributed by atoms with Gasteiger partial charge in [-0.15, -0.1) is 6.42 Å². The van der Waals surface area contributed by atoms with Crippen LogP contribution in [0.3, 0.4) is 0 Å². The van der Waals surface area contributed by atoms with Crippen LogP contribution < -0.4 is 15.4 Å². The zero-order chi connectivity index (χ0) is 30.9. The third-order valence-electron chi connectivity index (χ3n) is 10.3. The van der Waals surface area contributed by atoms with Gasteiger partial charge < -0.3 is 20.1 Å². The van der Waals surface area contributed by atoms with Crippen LogP contribution in [0.1, 0.15) is 62.6 Å². The summed E-state index contributed by atoms with van der Waals surface area (Å²) in [6.07, 6.45) is 11.8. The molecule has 2 atom stereocenters. The Bertz CT molecular complexity index is 1880. The molecule has 4 aromatic rings. The lowest BCUT2D eigenvalue weighted by molar-refractivity contribution is 0.107. The van der Waals surface area contributed by atoms with E-state index in [0.29, 0.717) is 65.3 Å². The van der Waals surface area contributed by atoms with Crippen molar-refractivity contribution in [3.63, 3.8) is 0 Å². The molecule has 2 unspecified atom stereocenters. The molecule has 0 spiro atoms. The maximum atomic E-state index is 17.1. The molecule has 0 radical (unpaired) electrons. The van der Waals surface area contributed by atoms with Crippen molar-refractivity contribution < 1.29 is 18.3 Å². The van der Waals surface area contributed by atoms with Gasteiger partial charge in [0, 0.05) is 35.7 Å². The second-order valence-electron chi connectivity index (χ2n) is 13.1. The summed E-state index contributed by atoms with van der Waals surface area (Å²) in [4.78, 5) is 19.5. The molecule has 3 saturated heterocycles. The summed E-state index contributed by atoms with van der Waals surface area (Å²) in [5.41, 5.74) is 7.89. The van der Waals surface area contributed by atoms with E-state index in [0.717, 1.165) is 51.6 Å². The lowest BCUT2D eigenvalue weighted by Crippen LogP contribution is -2.43. The highest BCUT2D eigenvalue weighted by molar-refractivity contribution is 6.04. The summed E-state index contributed by atoms with van der Waals surface area (Å²) < 4.78 is 44.5. The standard InChI is InChI=1S/C35H36F2N6O2/c1-3-24-26(36)8-7-21-16-22(38)17-25(27(21)24)31-29(37)32-28-30(39-31)20(2)15-23-18-44-14-6-13-43(23)33(28)41-34(40-32)45-19-35-9-4-11-42(35)12-5-10-35/h1,7-8,16-17,20,23H,4-6,9-15,18-19,38H2,2H3. The number of hydrogen-bond acceptors (Lipinski definition) is 8. The molecular formula is C35H36F2N6O2. The third-order valence-corrected chi connectivity index (χ3v) is 10.3. The van der Waals surface area contributed by atoms with Gasteiger partial charge in [0.15, 0.2) is 5.82 Å². The van der Waals surface area contributed by atoms with E-state index >= 15 is 8.78 Å². The summed E-state index contributed by atoms with van der Waals surface area (Å²) in [7, 11) is 0. The molecule has 2 aromatic heterocycles. The van der Waals surface area contributed by atoms with Crippen molar-refractivity contribution in [2.75, 3.05) is 50.1 Å². The lowest BCUT2D eigenvalue weighted by atomic mass is 9.93. The second kappa shape index (κ2) is 10.8. The molecule has 0 amide bonds. The minimum atomic E-state index is -0.639. The fourth-order valence-electron chi connectivity index (χ4n) is 8.24. The Balaban J connectivity index is 1.36. The first-order valence-corrected chi connectivity index (χ1v) is 16.0. The Kier molecular flexibility index (Phi) is 6.80. The highest BCUT2D eigenvalue weighted by atomic mass is 19.1. The molecule has 2 N–H and O–H groups in total. The Labute approximate surface area is 260 Å². The predicted molar refractivity (Wildman–Crippen MR) is 170 cm³/mol. The number of aromatic nitrogens is 3. The maximum absolute atomic E-state index is 17.1. The van der Waals surface area contributed by atoms with Gasteiger partial charge in [-0.1, -0.05) is 18.9 Å². The van der Waals surface area contributed by atoms with Gasteiger partial charge >= 0.3 is 6.01 Å². The molecule has 8 nitrogen and oxygen atoms in total. The van der Waals surface area contributed by atoms with Crippen LogP contribution in [0.5, 0.6) is 6.01 Å². The van der Waals surface area contributed by atoms with Crippen LogP contribution in [-0.4, -0.2) is 70.9 Å². The van der Waals surface area contributed by atoms with Crippen molar-refractivity contribution >= 4 is 33.2 Å². The van der Waals surface area contributed by atoms with Gasteiger partial charge in [-0.3, -0.25) is 4.90 Å². The average molecular weight is 611 g/mol. The Morgan fingerprint density at radius 3 is 2.71 bits per heavy atom. The van der Waals surface area contributed by atoms with E-state index in [2.05, 4.69) is 22.6 Å². The highest BCUT2D eigenvalue weighted by Gasteiger charge is 2.45. The first kappa shape index (κ1) is 28.4. The van der Waals surface area contributed by atoms with Crippen molar-refractivity contribution in [3.8, 4) is 29.6 Å². The van der Waals surface area contributed by atoms with E-state index in [1.165, 1.54) is 6.07 Å². The third kappa shape index (κ3) is 4.50. The van der Waals surface area contributed by atoms with Crippen LogP contribution in [0.4, 0.5) is 20.3 Å². The Hall–Kier alpha value is -4.07. The number of benzene rings is 2. The fraction of sp³-hybridized carbons (Fsp3) is 0.457. The molecule has 6 heterocycles. The normalized spacial score (nSPS) is 22.6. The summed E-state index contributed by atoms with van der Waals surface area (Å²) in [6.45, 7) is 6.60. The van der Waals surface area contributed by atoms with Crippen molar-refractivity contribution in [3.05, 3.63) is 47.2 Å². The number of terminal acetylenes is 1. The summed E-state index contributed by atoms with van der Waals surface area (Å²) in [5, 5.41) is 1.58. The van der Waals surface area contributed by atoms with E-state index in [4.69, 9.17) is 36.6 Å². The van der Waals surface area contributed by atoms with Gasteiger partial charge in [0.1, 0.15) is 29.5 Å². The van der Waals surface area contributed by atoms with Gasteiger partial charge in [-0.05, 0) is 75.2 Å². The number of nitrogens with zero attached hydrogens (tertiary/aromatic N) is 5. The average Bonchev–Trinajstić information content (AvgIpc) is 3.50. The number of fused-ring (bicyclic) bond motifs is 4. The summed E-state index contributed by atoms with van der Waals surface area (Å²) in [5.74, 6) is 1.82. The minimum Gasteiger partial charge on any atom is -0.461 e. The van der Waals surface area contributed by atoms with Crippen LogP contribution in [0, 0.1) is 24.0 Å². The number of halogens is 2. The van der Waals surface area contributed by atoms with Gasteiger partial charge in [0.05, 0.1) is 34.8 Å². The number of pyridine rings is 1. The molecule has 2 aromatic carbocycles. The second-order valence-corrected chi connectivity index (χ2v) is 13.1. The summed E-state index contributed by atoms with van der Waals surface area (Å²) >= 11 is 0. The van der Waals surface area contributed by atoms with Crippen molar-refractivity contribution in [2.24, 2.45) is 0 Å². The predicted octanol–water partition coefficient (Wildman–Crippen LogP) is 5.80. The monoisotopic (exact) mass is 610 g/mol. The highest BCUT2D eigenvalue weighted by Crippen LogP contribution is 2.45. The minimum absolute atomic E-state index is 0.0246. The van der Waals surface area contributed by atoms with Crippen LogP contribution in [-0.2, 0) is 4.74 Å². The van der Waals surface area contributed by atoms with Crippen LogP contribution in [0.25, 0.3) is 32.9 Å². The molecule has 10 heteroatoms. The number of nitrogens with two attached hydrogens (primary N) is 1. The van der Waals surface area contributed by atoms with Crippen LogP contribution >= 0.6 is 0 Å². The molecular weight excluding hydrogens is 574 g/mol. The zero-order valence-electron chi connectivity index (χ0n) is 25.4. The summed E-state index contributed by atoms with van der Waals surface area (Å²) in [6, 6.07) is 6.41. The zero-order valence-corrected chi connectivity index (χ0v) is 25.4. The number of ether oxygens (including phenoxy) is 2. The van der Waals surface area contributed by atoms with Crippen LogP contribution in [0.15, 0.2) is 24.3 Å². The van der Waals surface area contributed by atoms with Crippen molar-refractivity contribution in [1.29, 1.82) is 0 Å². The van der Waals surface area contributed by atoms with E-state index < -0.39 is 11.6 Å². The molecule has 45 heavy (non-hydrogen) atoms. The number of anilines is 2. The first-order valence-electron chi connectivity index (χ1n) is 16.0. The van der Waals surface area contributed by atoms with Gasteiger partial charge in [-0.25, -0.2) is 13.8 Å². The Morgan fingerprint density at radius 2 is 1.91 bits per heavy atom. The topological polar surface area (TPSA) is 89.6 Å². The molecule has 4 aliphatic heterocycles. The van der Waals surface area contributed by atoms with E-state index in [-0.39, 0.29) is 40.3 Å². The largest absolute Gasteiger partial charge is 0.461 e. The first-order chi connectivity index (χ1) is 21.9. The molecule has 4 aliphatic rings. The fourth-order valence-corrected chi connectivity index (χ4v) is 8.24. The van der Waals surface area contributed by atoms with Gasteiger partial charge in [-0.2, -0.15) is 9.97 Å². The SMILES string of the molecule is C#Cc1c(F)ccc2cc(N)cc(-c3nc4c5c(nc(OCC67CCCN6CCC7)nc5c3F)N3CCCOCC3CC4C)c12. The number of rotatable bonds is 4. The van der Waals surface area contributed by atoms with Gasteiger partial charge in [0.25, 0.3) is 0 Å². The van der Waals surface area contributed by atoms with Crippen molar-refractivity contribution in [2.45, 2.75) is 62.9 Å². The molecule has 0 saturated carbocycles. The molecule has 0 aliphatic carbocycles. The van der Waals surface area contributed by atoms with Crippen LogP contribution in [0.2, 0.25) is 0 Å². The molecule has 0 bridgehead atoms. The smallest absolute Gasteiger partial charge is 0.319 e. The molecule has 232 valence electrons. The molecule has 8 rings (SSSR count). The number of nitrogen functional groups attached to an aromatic ring is 1. The van der Waals surface area contributed by atoms with E-state index in [9.17, 15) is 0 Å². The number of hydrogen-bond donors (Lipinski definition) is 1. The quantitative estimate of drug-likeness (QED) is 0.229. The lowest BCUT2D eigenvalue weighted by Gasteiger charge is -2.32. The molecule has 3 fully saturated rings. The van der Waals surface area contributed by atoms with E-state index in [1.54, 1.807) is 18.2 Å². The maximum Gasteiger partial charge on any atom is 0.319 e. The Morgan fingerprint density at radius 1 is 1.09 bits per heavy atom.